The van der Waals surface area contributed by atoms with Crippen LogP contribution in [0, 0.1) is 13.8 Å². The number of phenolic OH excluding ortho intramolecular Hbond substituents is 1. The van der Waals surface area contributed by atoms with Gasteiger partial charge in [-0.2, -0.15) is 0 Å². The molecule has 0 aliphatic rings. The van der Waals surface area contributed by atoms with Crippen molar-refractivity contribution in [3.8, 4) is 17.2 Å². The van der Waals surface area contributed by atoms with Crippen LogP contribution in [0.5, 0.6) is 17.2 Å². The van der Waals surface area contributed by atoms with Crippen molar-refractivity contribution in [1.29, 1.82) is 0 Å². The van der Waals surface area contributed by atoms with E-state index in [1.807, 2.05) is 27.7 Å². The second-order valence-corrected chi connectivity index (χ2v) is 10.6. The zero-order chi connectivity index (χ0) is 25.9. The highest BCUT2D eigenvalue weighted by molar-refractivity contribution is 7.92. The van der Waals surface area contributed by atoms with E-state index >= 15 is 0 Å². The van der Waals surface area contributed by atoms with Crippen LogP contribution in [-0.4, -0.2) is 38.6 Å². The fraction of sp³-hybridized carbons (Fsp3) is 0.269. The number of rotatable bonds is 7. The monoisotopic (exact) mass is 497 g/mol. The van der Waals surface area contributed by atoms with Crippen molar-refractivity contribution < 1.29 is 23.1 Å². The minimum Gasteiger partial charge on any atom is -0.508 e. The van der Waals surface area contributed by atoms with E-state index in [0.717, 1.165) is 16.7 Å². The summed E-state index contributed by atoms with van der Waals surface area (Å²) in [5.41, 5.74) is 3.19. The highest BCUT2D eigenvalue weighted by atomic mass is 32.2. The quantitative estimate of drug-likeness (QED) is 0.381. The lowest BCUT2D eigenvalue weighted by atomic mass is 10.0. The average Bonchev–Trinajstić information content (AvgIpc) is 2.77. The molecule has 2 amide bonds. The predicted octanol–water partition coefficient (Wildman–Crippen LogP) is 5.82. The average molecular weight is 498 g/mol. The van der Waals surface area contributed by atoms with E-state index in [9.17, 15) is 18.3 Å². The lowest BCUT2D eigenvalue weighted by molar-refractivity contribution is 0.230. The number of phenols is 1. The summed E-state index contributed by atoms with van der Waals surface area (Å²) in [6.45, 7) is 7.66. The van der Waals surface area contributed by atoms with Crippen LogP contribution in [-0.2, 0) is 10.0 Å². The van der Waals surface area contributed by atoms with Crippen LogP contribution in [0.15, 0.2) is 59.5 Å². The van der Waals surface area contributed by atoms with E-state index in [1.54, 1.807) is 44.4 Å². The van der Waals surface area contributed by atoms with E-state index < -0.39 is 10.0 Å². The number of amides is 2. The van der Waals surface area contributed by atoms with E-state index in [2.05, 4.69) is 10.0 Å². The first-order chi connectivity index (χ1) is 16.4. The van der Waals surface area contributed by atoms with Gasteiger partial charge in [0, 0.05) is 31.0 Å². The topological polar surface area (TPSA) is 108 Å². The van der Waals surface area contributed by atoms with Crippen molar-refractivity contribution in [2.24, 2.45) is 0 Å². The minimum absolute atomic E-state index is 0.0706. The normalized spacial score (nSPS) is 11.3. The number of urea groups is 1. The van der Waals surface area contributed by atoms with Crippen molar-refractivity contribution in [2.75, 3.05) is 24.1 Å². The standard InChI is InChI=1S/C26H31N3O5S/c1-16(2)23-15-21(9-12-24(23)30)34-25-17(3)13-20(14-18(25)4)28-35(32,33)22-10-7-19(8-11-22)27-26(31)29(5)6/h7-16,28,30H,1-6H3,(H,27,31). The molecule has 3 N–H and O–H groups in total. The summed E-state index contributed by atoms with van der Waals surface area (Å²) in [6.07, 6.45) is 0. The Morgan fingerprint density at radius 3 is 2.09 bits per heavy atom. The molecule has 0 radical (unpaired) electrons. The smallest absolute Gasteiger partial charge is 0.321 e. The maximum absolute atomic E-state index is 12.9. The molecule has 0 unspecified atom stereocenters. The lowest BCUT2D eigenvalue weighted by Gasteiger charge is -2.17. The molecule has 0 aliphatic heterocycles. The zero-order valence-corrected chi connectivity index (χ0v) is 21.5. The molecule has 0 atom stereocenters. The molecule has 0 heterocycles. The van der Waals surface area contributed by atoms with Crippen molar-refractivity contribution in [3.63, 3.8) is 0 Å². The van der Waals surface area contributed by atoms with Gasteiger partial charge in [0.05, 0.1) is 4.90 Å². The molecule has 0 spiro atoms. The Hall–Kier alpha value is -3.72. The first-order valence-corrected chi connectivity index (χ1v) is 12.6. The number of ether oxygens (including phenoxy) is 1. The SMILES string of the molecule is Cc1cc(NS(=O)(=O)c2ccc(NC(=O)N(C)C)cc2)cc(C)c1Oc1ccc(O)c(C(C)C)c1. The fourth-order valence-electron chi connectivity index (χ4n) is 3.51. The van der Waals surface area contributed by atoms with Gasteiger partial charge in [-0.15, -0.1) is 0 Å². The van der Waals surface area contributed by atoms with Crippen LogP contribution in [0.2, 0.25) is 0 Å². The second-order valence-electron chi connectivity index (χ2n) is 8.87. The van der Waals surface area contributed by atoms with Gasteiger partial charge in [-0.3, -0.25) is 4.72 Å². The molecule has 8 nitrogen and oxygen atoms in total. The Labute approximate surface area is 206 Å². The van der Waals surface area contributed by atoms with Gasteiger partial charge in [-0.1, -0.05) is 13.8 Å². The van der Waals surface area contributed by atoms with Crippen LogP contribution < -0.4 is 14.8 Å². The first-order valence-electron chi connectivity index (χ1n) is 11.1. The third kappa shape index (κ3) is 6.24. The maximum atomic E-state index is 12.9. The van der Waals surface area contributed by atoms with Crippen LogP contribution in [0.3, 0.4) is 0 Å². The summed E-state index contributed by atoms with van der Waals surface area (Å²) in [4.78, 5) is 13.2. The Bertz CT molecular complexity index is 1310. The number of hydrogen-bond acceptors (Lipinski definition) is 5. The van der Waals surface area contributed by atoms with Gasteiger partial charge in [-0.25, -0.2) is 13.2 Å². The minimum atomic E-state index is -3.84. The molecular weight excluding hydrogens is 466 g/mol. The van der Waals surface area contributed by atoms with Crippen LogP contribution in [0.25, 0.3) is 0 Å². The lowest BCUT2D eigenvalue weighted by Crippen LogP contribution is -2.27. The molecule has 3 rings (SSSR count). The Morgan fingerprint density at radius 1 is 0.943 bits per heavy atom. The van der Waals surface area contributed by atoms with Gasteiger partial charge >= 0.3 is 6.03 Å². The molecule has 0 bridgehead atoms. The Balaban J connectivity index is 1.79. The number of anilines is 2. The van der Waals surface area contributed by atoms with Crippen molar-refractivity contribution in [2.45, 2.75) is 38.5 Å². The molecule has 9 heteroatoms. The number of nitrogens with zero attached hydrogens (tertiary/aromatic N) is 1. The number of aromatic hydroxyl groups is 1. The van der Waals surface area contributed by atoms with Gasteiger partial charge in [0.25, 0.3) is 10.0 Å². The van der Waals surface area contributed by atoms with Crippen LogP contribution in [0.1, 0.15) is 36.5 Å². The van der Waals surface area contributed by atoms with Gasteiger partial charge in [0.2, 0.25) is 0 Å². The molecule has 0 fully saturated rings. The zero-order valence-electron chi connectivity index (χ0n) is 20.7. The largest absolute Gasteiger partial charge is 0.508 e. The number of sulfonamides is 1. The number of carbonyl (C=O) groups excluding carboxylic acids is 1. The molecule has 186 valence electrons. The van der Waals surface area contributed by atoms with E-state index in [4.69, 9.17) is 4.74 Å². The van der Waals surface area contributed by atoms with E-state index in [0.29, 0.717) is 22.9 Å². The molecule has 35 heavy (non-hydrogen) atoms. The van der Waals surface area contributed by atoms with Gasteiger partial charge in [0.15, 0.2) is 0 Å². The molecule has 3 aromatic rings. The number of carbonyl (C=O) groups is 1. The molecular formula is C26H31N3O5S. The molecule has 0 saturated carbocycles. The van der Waals surface area contributed by atoms with Crippen molar-refractivity contribution in [1.82, 2.24) is 4.90 Å². The van der Waals surface area contributed by atoms with Gasteiger partial charge in [0.1, 0.15) is 17.2 Å². The van der Waals surface area contributed by atoms with Crippen LogP contribution in [0.4, 0.5) is 16.2 Å². The highest BCUT2D eigenvalue weighted by Crippen LogP contribution is 2.35. The first kappa shape index (κ1) is 25.9. The second kappa shape index (κ2) is 10.3. The van der Waals surface area contributed by atoms with E-state index in [-0.39, 0.29) is 22.6 Å². The summed E-state index contributed by atoms with van der Waals surface area (Å²) >= 11 is 0. The van der Waals surface area contributed by atoms with Crippen LogP contribution >= 0.6 is 0 Å². The number of benzene rings is 3. The number of aryl methyl sites for hydroxylation is 2. The van der Waals surface area contributed by atoms with E-state index in [1.165, 1.54) is 29.2 Å². The summed E-state index contributed by atoms with van der Waals surface area (Å²) in [7, 11) is -0.608. The van der Waals surface area contributed by atoms with Gasteiger partial charge in [-0.05, 0) is 85.5 Å². The summed E-state index contributed by atoms with van der Waals surface area (Å²) in [5.74, 6) is 1.57. The molecule has 0 saturated heterocycles. The van der Waals surface area contributed by atoms with Gasteiger partial charge < -0.3 is 20.1 Å². The van der Waals surface area contributed by atoms with Crippen molar-refractivity contribution in [3.05, 3.63) is 71.3 Å². The molecule has 0 aromatic heterocycles. The third-order valence-electron chi connectivity index (χ3n) is 5.38. The van der Waals surface area contributed by atoms with Crippen molar-refractivity contribution >= 4 is 27.4 Å². The Morgan fingerprint density at radius 2 is 1.54 bits per heavy atom. The molecule has 3 aromatic carbocycles. The third-order valence-corrected chi connectivity index (χ3v) is 6.77. The predicted molar refractivity (Wildman–Crippen MR) is 138 cm³/mol. The number of hydrogen-bond donors (Lipinski definition) is 3. The fourth-order valence-corrected chi connectivity index (χ4v) is 4.55. The maximum Gasteiger partial charge on any atom is 0.321 e. The summed E-state index contributed by atoms with van der Waals surface area (Å²) in [6, 6.07) is 14.1. The summed E-state index contributed by atoms with van der Waals surface area (Å²) in [5, 5.41) is 12.7. The number of nitrogens with one attached hydrogen (secondary N) is 2. The Kier molecular flexibility index (Phi) is 7.60. The molecule has 0 aliphatic carbocycles. The summed E-state index contributed by atoms with van der Waals surface area (Å²) < 4.78 is 34.5. The highest BCUT2D eigenvalue weighted by Gasteiger charge is 2.17.